The van der Waals surface area contributed by atoms with E-state index in [0.29, 0.717) is 12.2 Å². The molecule has 1 saturated heterocycles. The fourth-order valence-electron chi connectivity index (χ4n) is 1.78. The van der Waals surface area contributed by atoms with Gasteiger partial charge in [-0.1, -0.05) is 0 Å². The Morgan fingerprint density at radius 3 is 2.72 bits per heavy atom. The molecule has 0 aromatic heterocycles. The largest absolute Gasteiger partial charge is 0.480 e. The van der Waals surface area contributed by atoms with E-state index in [2.05, 4.69) is 5.32 Å². The number of likely N-dealkylation sites (tertiary alicyclic amines) is 1. The zero-order chi connectivity index (χ0) is 13.7. The Morgan fingerprint density at radius 1 is 1.61 bits per heavy atom. The van der Waals surface area contributed by atoms with Crippen LogP contribution < -0.4 is 5.32 Å². The number of hydrogen-bond acceptors (Lipinski definition) is 4. The van der Waals surface area contributed by atoms with Gasteiger partial charge in [0, 0.05) is 20.5 Å². The zero-order valence-corrected chi connectivity index (χ0v) is 11.3. The lowest BCUT2D eigenvalue weighted by Gasteiger charge is -2.14. The van der Waals surface area contributed by atoms with Crippen LogP contribution in [0.1, 0.15) is 19.8 Å². The Bertz CT molecular complexity index is 348. The van der Waals surface area contributed by atoms with Gasteiger partial charge in [0.05, 0.1) is 5.25 Å². The Morgan fingerprint density at radius 2 is 2.28 bits per heavy atom. The molecule has 1 rings (SSSR count). The molecule has 0 bridgehead atoms. The first-order valence-corrected chi connectivity index (χ1v) is 6.83. The van der Waals surface area contributed by atoms with E-state index in [1.165, 1.54) is 18.7 Å². The number of hydrogen-bond donors (Lipinski definition) is 2. The number of thioether (sulfide) groups is 1. The smallest absolute Gasteiger partial charge is 0.326 e. The number of carboxylic acids is 1. The molecule has 1 fully saturated rings. The number of carbonyl (C=O) groups excluding carboxylic acids is 2. The van der Waals surface area contributed by atoms with Crippen LogP contribution in [0, 0.1) is 0 Å². The number of amides is 2. The van der Waals surface area contributed by atoms with Crippen molar-refractivity contribution < 1.29 is 19.5 Å². The van der Waals surface area contributed by atoms with Crippen LogP contribution in [0.15, 0.2) is 0 Å². The highest BCUT2D eigenvalue weighted by Gasteiger charge is 2.29. The molecule has 1 heterocycles. The van der Waals surface area contributed by atoms with Gasteiger partial charge in [-0.25, -0.2) is 4.79 Å². The minimum absolute atomic E-state index is 0.0678. The van der Waals surface area contributed by atoms with Crippen molar-refractivity contribution in [1.29, 1.82) is 0 Å². The van der Waals surface area contributed by atoms with Crippen molar-refractivity contribution in [3.05, 3.63) is 0 Å². The molecule has 1 aliphatic heterocycles. The van der Waals surface area contributed by atoms with E-state index in [9.17, 15) is 14.4 Å². The number of nitrogens with one attached hydrogen (secondary N) is 1. The summed E-state index contributed by atoms with van der Waals surface area (Å²) in [5.74, 6) is -0.752. The maximum atomic E-state index is 11.6. The normalized spacial score (nSPS) is 20.9. The molecule has 0 radical (unpaired) electrons. The summed E-state index contributed by atoms with van der Waals surface area (Å²) in [7, 11) is 1.76. The molecule has 1 aliphatic rings. The maximum absolute atomic E-state index is 11.6. The summed E-state index contributed by atoms with van der Waals surface area (Å²) >= 11 is 1.46. The van der Waals surface area contributed by atoms with Crippen LogP contribution in [0.5, 0.6) is 0 Å². The van der Waals surface area contributed by atoms with Crippen LogP contribution in [0.4, 0.5) is 0 Å². The summed E-state index contributed by atoms with van der Waals surface area (Å²) in [6, 6.07) is -0.871. The van der Waals surface area contributed by atoms with Crippen LogP contribution in [-0.4, -0.2) is 58.4 Å². The summed E-state index contributed by atoms with van der Waals surface area (Å²) in [5.41, 5.74) is 0. The molecule has 6 nitrogen and oxygen atoms in total. The highest BCUT2D eigenvalue weighted by Crippen LogP contribution is 2.23. The zero-order valence-electron chi connectivity index (χ0n) is 10.5. The van der Waals surface area contributed by atoms with E-state index in [0.717, 1.165) is 13.0 Å². The lowest BCUT2D eigenvalue weighted by atomic mass is 10.2. The van der Waals surface area contributed by atoms with Crippen molar-refractivity contribution in [2.24, 2.45) is 0 Å². The van der Waals surface area contributed by atoms with Crippen LogP contribution >= 0.6 is 11.8 Å². The van der Waals surface area contributed by atoms with Gasteiger partial charge in [-0.2, -0.15) is 0 Å². The highest BCUT2D eigenvalue weighted by molar-refractivity contribution is 8.00. The topological polar surface area (TPSA) is 86.7 Å². The van der Waals surface area contributed by atoms with Gasteiger partial charge >= 0.3 is 5.97 Å². The monoisotopic (exact) mass is 274 g/mol. The minimum atomic E-state index is -1.04. The van der Waals surface area contributed by atoms with Crippen molar-refractivity contribution in [2.45, 2.75) is 31.1 Å². The molecule has 0 aromatic rings. The van der Waals surface area contributed by atoms with Gasteiger partial charge in [0.2, 0.25) is 11.8 Å². The SMILES string of the molecule is CC(=O)NC(CCSC1CCN(C)C1=O)C(=O)O. The first-order chi connectivity index (χ1) is 8.41. The van der Waals surface area contributed by atoms with E-state index >= 15 is 0 Å². The number of carboxylic acid groups (broad SMARTS) is 1. The third kappa shape index (κ3) is 4.21. The number of aliphatic carboxylic acids is 1. The van der Waals surface area contributed by atoms with Gasteiger partial charge in [0.25, 0.3) is 0 Å². The van der Waals surface area contributed by atoms with Gasteiger partial charge in [0.15, 0.2) is 0 Å². The highest BCUT2D eigenvalue weighted by atomic mass is 32.2. The molecule has 7 heteroatoms. The van der Waals surface area contributed by atoms with Crippen LogP contribution in [-0.2, 0) is 14.4 Å². The summed E-state index contributed by atoms with van der Waals surface area (Å²) in [4.78, 5) is 35.0. The number of carbonyl (C=O) groups is 3. The van der Waals surface area contributed by atoms with Gasteiger partial charge in [-0.3, -0.25) is 9.59 Å². The van der Waals surface area contributed by atoms with Crippen molar-refractivity contribution in [3.8, 4) is 0 Å². The van der Waals surface area contributed by atoms with Crippen LogP contribution in [0.3, 0.4) is 0 Å². The van der Waals surface area contributed by atoms with Gasteiger partial charge in [-0.05, 0) is 18.6 Å². The third-order valence-corrected chi connectivity index (χ3v) is 4.09. The third-order valence-electron chi connectivity index (χ3n) is 2.78. The molecular formula is C11H18N2O4S. The molecular weight excluding hydrogens is 256 g/mol. The molecule has 102 valence electrons. The molecule has 2 atom stereocenters. The van der Waals surface area contributed by atoms with Gasteiger partial charge < -0.3 is 15.3 Å². The van der Waals surface area contributed by atoms with Crippen LogP contribution in [0.25, 0.3) is 0 Å². The molecule has 18 heavy (non-hydrogen) atoms. The van der Waals surface area contributed by atoms with Gasteiger partial charge in [-0.15, -0.1) is 11.8 Å². The van der Waals surface area contributed by atoms with E-state index in [1.54, 1.807) is 11.9 Å². The second-order valence-electron chi connectivity index (χ2n) is 4.29. The second kappa shape index (κ2) is 6.63. The first kappa shape index (κ1) is 14.8. The van der Waals surface area contributed by atoms with Crippen molar-refractivity contribution in [1.82, 2.24) is 10.2 Å². The molecule has 2 unspecified atom stereocenters. The minimum Gasteiger partial charge on any atom is -0.480 e. The predicted octanol–water partition coefficient (Wildman–Crippen LogP) is -0.0703. The molecule has 0 spiro atoms. The lowest BCUT2D eigenvalue weighted by Crippen LogP contribution is -2.40. The second-order valence-corrected chi connectivity index (χ2v) is 5.60. The van der Waals surface area contributed by atoms with Crippen LogP contribution in [0.2, 0.25) is 0 Å². The Labute approximate surface area is 110 Å². The predicted molar refractivity (Wildman–Crippen MR) is 68.4 cm³/mol. The fourth-order valence-corrected chi connectivity index (χ4v) is 3.03. The van der Waals surface area contributed by atoms with Crippen molar-refractivity contribution in [3.63, 3.8) is 0 Å². The average molecular weight is 274 g/mol. The Hall–Kier alpha value is -1.24. The Kier molecular flexibility index (Phi) is 5.46. The lowest BCUT2D eigenvalue weighted by molar-refractivity contribution is -0.141. The number of rotatable bonds is 6. The van der Waals surface area contributed by atoms with Gasteiger partial charge in [0.1, 0.15) is 6.04 Å². The molecule has 0 saturated carbocycles. The average Bonchev–Trinajstić information content (AvgIpc) is 2.58. The summed E-state index contributed by atoms with van der Waals surface area (Å²) in [5, 5.41) is 11.2. The standard InChI is InChI=1S/C11H18N2O4S/c1-7(14)12-8(11(16)17)4-6-18-9-3-5-13(2)10(9)15/h8-9H,3-6H2,1-2H3,(H,12,14)(H,16,17). The summed E-state index contributed by atoms with van der Waals surface area (Å²) in [6.07, 6.45) is 1.13. The van der Waals surface area contributed by atoms with E-state index in [-0.39, 0.29) is 17.1 Å². The van der Waals surface area contributed by atoms with Crippen molar-refractivity contribution >= 4 is 29.5 Å². The van der Waals surface area contributed by atoms with E-state index < -0.39 is 12.0 Å². The summed E-state index contributed by atoms with van der Waals surface area (Å²) < 4.78 is 0. The van der Waals surface area contributed by atoms with E-state index in [1.807, 2.05) is 0 Å². The first-order valence-electron chi connectivity index (χ1n) is 5.78. The molecule has 2 amide bonds. The fraction of sp³-hybridized carbons (Fsp3) is 0.727. The number of nitrogens with zero attached hydrogens (tertiary/aromatic N) is 1. The Balaban J connectivity index is 2.33. The molecule has 2 N–H and O–H groups in total. The van der Waals surface area contributed by atoms with Crippen molar-refractivity contribution in [2.75, 3.05) is 19.3 Å². The maximum Gasteiger partial charge on any atom is 0.326 e. The molecule has 0 aliphatic carbocycles. The van der Waals surface area contributed by atoms with E-state index in [4.69, 9.17) is 5.11 Å². The quantitative estimate of drug-likeness (QED) is 0.708. The summed E-state index contributed by atoms with van der Waals surface area (Å²) in [6.45, 7) is 2.04. The molecule has 0 aromatic carbocycles.